The van der Waals surface area contributed by atoms with Crippen LogP contribution in [-0.2, 0) is 6.42 Å². The maximum Gasteiger partial charge on any atom is 0.335 e. The van der Waals surface area contributed by atoms with E-state index in [0.717, 1.165) is 37.2 Å². The molecule has 0 saturated heterocycles. The second-order valence-corrected chi connectivity index (χ2v) is 7.41. The summed E-state index contributed by atoms with van der Waals surface area (Å²) in [7, 11) is 1.68. The average Bonchev–Trinajstić information content (AvgIpc) is 2.77. The van der Waals surface area contributed by atoms with Gasteiger partial charge in [0.2, 0.25) is 0 Å². The SMILES string of the molecule is COc1ccc(CC#CCCCCCCCCCNc2ccc(C(=O)O)cc2)cc1. The van der Waals surface area contributed by atoms with Gasteiger partial charge in [0.05, 0.1) is 12.7 Å². The molecule has 0 radical (unpaired) electrons. The molecular weight excluding hydrogens is 374 g/mol. The summed E-state index contributed by atoms with van der Waals surface area (Å²) in [6.07, 6.45) is 10.4. The van der Waals surface area contributed by atoms with Gasteiger partial charge in [0.1, 0.15) is 5.75 Å². The summed E-state index contributed by atoms with van der Waals surface area (Å²) in [5.74, 6) is 6.54. The zero-order valence-electron chi connectivity index (χ0n) is 18.0. The first kappa shape index (κ1) is 23.3. The van der Waals surface area contributed by atoms with Gasteiger partial charge in [0, 0.05) is 25.1 Å². The third-order valence-electron chi connectivity index (χ3n) is 5.02. The van der Waals surface area contributed by atoms with Crippen LogP contribution in [0.5, 0.6) is 5.75 Å². The van der Waals surface area contributed by atoms with Crippen molar-refractivity contribution in [1.82, 2.24) is 0 Å². The highest BCUT2D eigenvalue weighted by atomic mass is 16.5. The number of unbranched alkanes of at least 4 members (excludes halogenated alkanes) is 7. The lowest BCUT2D eigenvalue weighted by Crippen LogP contribution is -2.02. The Hall–Kier alpha value is -2.93. The van der Waals surface area contributed by atoms with Crippen LogP contribution in [0.4, 0.5) is 5.69 Å². The minimum absolute atomic E-state index is 0.323. The number of ether oxygens (including phenoxy) is 1. The van der Waals surface area contributed by atoms with Gasteiger partial charge in [0.15, 0.2) is 0 Å². The van der Waals surface area contributed by atoms with Crippen LogP contribution in [0, 0.1) is 11.8 Å². The molecule has 0 bridgehead atoms. The van der Waals surface area contributed by atoms with Crippen molar-refractivity contribution < 1.29 is 14.6 Å². The molecule has 160 valence electrons. The zero-order valence-corrected chi connectivity index (χ0v) is 18.0. The number of rotatable bonds is 13. The number of carboxylic acids is 1. The van der Waals surface area contributed by atoms with E-state index in [1.165, 1.54) is 44.1 Å². The molecule has 30 heavy (non-hydrogen) atoms. The molecular formula is C26H33NO3. The summed E-state index contributed by atoms with van der Waals surface area (Å²) >= 11 is 0. The highest BCUT2D eigenvalue weighted by Crippen LogP contribution is 2.13. The van der Waals surface area contributed by atoms with Gasteiger partial charge in [-0.25, -0.2) is 4.79 Å². The van der Waals surface area contributed by atoms with E-state index in [9.17, 15) is 4.79 Å². The van der Waals surface area contributed by atoms with Crippen molar-refractivity contribution in [2.75, 3.05) is 19.0 Å². The highest BCUT2D eigenvalue weighted by molar-refractivity contribution is 5.87. The van der Waals surface area contributed by atoms with E-state index >= 15 is 0 Å². The Morgan fingerprint density at radius 1 is 0.867 bits per heavy atom. The van der Waals surface area contributed by atoms with E-state index in [0.29, 0.717) is 5.56 Å². The normalized spacial score (nSPS) is 10.2. The van der Waals surface area contributed by atoms with Crippen LogP contribution in [0.15, 0.2) is 48.5 Å². The molecule has 0 aromatic heterocycles. The van der Waals surface area contributed by atoms with Crippen LogP contribution in [0.2, 0.25) is 0 Å². The van der Waals surface area contributed by atoms with Crippen LogP contribution in [-0.4, -0.2) is 24.7 Å². The molecule has 0 spiro atoms. The maximum atomic E-state index is 10.8. The van der Waals surface area contributed by atoms with Gasteiger partial charge in [-0.05, 0) is 54.8 Å². The molecule has 2 aromatic rings. The average molecular weight is 408 g/mol. The van der Waals surface area contributed by atoms with Crippen LogP contribution < -0.4 is 10.1 Å². The molecule has 0 heterocycles. The lowest BCUT2D eigenvalue weighted by Gasteiger charge is -2.06. The molecule has 0 atom stereocenters. The van der Waals surface area contributed by atoms with Gasteiger partial charge < -0.3 is 15.2 Å². The van der Waals surface area contributed by atoms with E-state index in [2.05, 4.69) is 29.3 Å². The van der Waals surface area contributed by atoms with E-state index in [1.807, 2.05) is 24.3 Å². The predicted octanol–water partition coefficient (Wildman–Crippen LogP) is 6.17. The summed E-state index contributed by atoms with van der Waals surface area (Å²) in [4.78, 5) is 10.8. The summed E-state index contributed by atoms with van der Waals surface area (Å²) in [6.45, 7) is 0.927. The van der Waals surface area contributed by atoms with Crippen molar-refractivity contribution in [3.63, 3.8) is 0 Å². The lowest BCUT2D eigenvalue weighted by atomic mass is 10.1. The highest BCUT2D eigenvalue weighted by Gasteiger charge is 2.01. The third-order valence-corrected chi connectivity index (χ3v) is 5.02. The Kier molecular flexibility index (Phi) is 11.0. The largest absolute Gasteiger partial charge is 0.497 e. The summed E-state index contributed by atoms with van der Waals surface area (Å²) in [5.41, 5.74) is 2.53. The topological polar surface area (TPSA) is 58.6 Å². The number of hydrogen-bond acceptors (Lipinski definition) is 3. The monoisotopic (exact) mass is 407 g/mol. The van der Waals surface area contributed by atoms with Crippen molar-refractivity contribution in [2.45, 2.75) is 57.8 Å². The lowest BCUT2D eigenvalue weighted by molar-refractivity contribution is 0.0697. The molecule has 0 fully saturated rings. The second kappa shape index (κ2) is 14.1. The van der Waals surface area contributed by atoms with Crippen LogP contribution >= 0.6 is 0 Å². The van der Waals surface area contributed by atoms with E-state index < -0.39 is 5.97 Å². The van der Waals surface area contributed by atoms with Gasteiger partial charge in [-0.2, -0.15) is 0 Å². The molecule has 0 unspecified atom stereocenters. The second-order valence-electron chi connectivity index (χ2n) is 7.41. The van der Waals surface area contributed by atoms with E-state index in [4.69, 9.17) is 9.84 Å². The smallest absolute Gasteiger partial charge is 0.335 e. The van der Waals surface area contributed by atoms with Gasteiger partial charge in [-0.15, -0.1) is 5.92 Å². The summed E-state index contributed by atoms with van der Waals surface area (Å²) in [6, 6.07) is 15.0. The van der Waals surface area contributed by atoms with Crippen molar-refractivity contribution in [1.29, 1.82) is 0 Å². The molecule has 4 heteroatoms. The third kappa shape index (κ3) is 9.52. The number of nitrogens with one attached hydrogen (secondary N) is 1. The summed E-state index contributed by atoms with van der Waals surface area (Å²) < 4.78 is 5.16. The van der Waals surface area contributed by atoms with E-state index in [1.54, 1.807) is 19.2 Å². The number of hydrogen-bond donors (Lipinski definition) is 2. The Bertz CT molecular complexity index is 801. The van der Waals surface area contributed by atoms with Gasteiger partial charge in [0.25, 0.3) is 0 Å². The quantitative estimate of drug-likeness (QED) is 0.308. The maximum absolute atomic E-state index is 10.8. The first-order valence-electron chi connectivity index (χ1n) is 10.8. The number of carboxylic acid groups (broad SMARTS) is 1. The molecule has 0 aliphatic heterocycles. The number of aromatic carboxylic acids is 1. The molecule has 2 N–H and O–H groups in total. The van der Waals surface area contributed by atoms with Gasteiger partial charge in [-0.3, -0.25) is 0 Å². The van der Waals surface area contributed by atoms with Crippen LogP contribution in [0.3, 0.4) is 0 Å². The first-order chi connectivity index (χ1) is 14.7. The fraction of sp³-hybridized carbons (Fsp3) is 0.423. The molecule has 2 aromatic carbocycles. The fourth-order valence-electron chi connectivity index (χ4n) is 3.18. The van der Waals surface area contributed by atoms with Crippen LogP contribution in [0.25, 0.3) is 0 Å². The summed E-state index contributed by atoms with van der Waals surface area (Å²) in [5, 5.41) is 12.2. The number of carbonyl (C=O) groups is 1. The fourth-order valence-corrected chi connectivity index (χ4v) is 3.18. The first-order valence-corrected chi connectivity index (χ1v) is 10.8. The van der Waals surface area contributed by atoms with Crippen molar-refractivity contribution in [2.24, 2.45) is 0 Å². The number of methoxy groups -OCH3 is 1. The Labute approximate surface area is 180 Å². The minimum Gasteiger partial charge on any atom is -0.497 e. The molecule has 0 aliphatic rings. The standard InChI is InChI=1S/C26H33NO3/c1-30-25-19-13-22(14-20-25)12-10-8-6-4-2-3-5-7-9-11-21-27-24-17-15-23(16-18-24)26(28)29/h13-20,27H,2-7,9,11-12,21H2,1H3,(H,28,29). The number of benzene rings is 2. The molecule has 4 nitrogen and oxygen atoms in total. The van der Waals surface area contributed by atoms with Crippen molar-refractivity contribution in [3.8, 4) is 17.6 Å². The molecule has 0 aliphatic carbocycles. The van der Waals surface area contributed by atoms with E-state index in [-0.39, 0.29) is 0 Å². The molecule has 2 rings (SSSR count). The zero-order chi connectivity index (χ0) is 21.4. The Balaban J connectivity index is 1.41. The Morgan fingerprint density at radius 2 is 1.50 bits per heavy atom. The molecule has 0 amide bonds. The van der Waals surface area contributed by atoms with Gasteiger partial charge in [-0.1, -0.05) is 50.2 Å². The van der Waals surface area contributed by atoms with Gasteiger partial charge >= 0.3 is 5.97 Å². The van der Waals surface area contributed by atoms with Crippen LogP contribution in [0.1, 0.15) is 67.3 Å². The van der Waals surface area contributed by atoms with Crippen molar-refractivity contribution in [3.05, 3.63) is 59.7 Å². The number of anilines is 1. The van der Waals surface area contributed by atoms with Crippen molar-refractivity contribution >= 4 is 11.7 Å². The minimum atomic E-state index is -0.887. The predicted molar refractivity (Wildman–Crippen MR) is 123 cm³/mol. The Morgan fingerprint density at radius 3 is 2.13 bits per heavy atom. The molecule has 0 saturated carbocycles.